The molecule has 3 rings (SSSR count). The van der Waals surface area contributed by atoms with Gasteiger partial charge in [-0.1, -0.05) is 18.2 Å². The molecule has 0 aromatic heterocycles. The standard InChI is InChI=1S/C15H23N3/c1-17(2)15-12-8-16-9-13(15)11-18(10-12)14-6-4-3-5-7-14/h3-7,12-13,15-16H,8-11H2,1-2H3. The summed E-state index contributed by atoms with van der Waals surface area (Å²) in [5.41, 5.74) is 1.38. The lowest BCUT2D eigenvalue weighted by molar-refractivity contribution is 0.0896. The third-order valence-electron chi connectivity index (χ3n) is 4.41. The van der Waals surface area contributed by atoms with Gasteiger partial charge in [-0.2, -0.15) is 0 Å². The first-order chi connectivity index (χ1) is 8.75. The minimum absolute atomic E-state index is 0.742. The zero-order chi connectivity index (χ0) is 12.5. The fourth-order valence-corrected chi connectivity index (χ4v) is 3.76. The molecule has 3 heteroatoms. The second-order valence-electron chi connectivity index (χ2n) is 5.87. The molecule has 2 heterocycles. The summed E-state index contributed by atoms with van der Waals surface area (Å²) in [7, 11) is 4.46. The molecule has 1 aromatic carbocycles. The Morgan fingerprint density at radius 3 is 2.22 bits per heavy atom. The van der Waals surface area contributed by atoms with Crippen LogP contribution in [0.1, 0.15) is 0 Å². The maximum absolute atomic E-state index is 3.59. The number of rotatable bonds is 2. The SMILES string of the molecule is CN(C)C1C2CNCC1CN(c1ccccc1)C2. The number of para-hydroxylation sites is 1. The molecule has 0 aliphatic carbocycles. The van der Waals surface area contributed by atoms with Gasteiger partial charge >= 0.3 is 0 Å². The Morgan fingerprint density at radius 1 is 1.06 bits per heavy atom. The predicted molar refractivity (Wildman–Crippen MR) is 76.0 cm³/mol. The molecule has 2 atom stereocenters. The lowest BCUT2D eigenvalue weighted by Crippen LogP contribution is -2.63. The van der Waals surface area contributed by atoms with Crippen molar-refractivity contribution in [2.45, 2.75) is 6.04 Å². The van der Waals surface area contributed by atoms with E-state index in [-0.39, 0.29) is 0 Å². The van der Waals surface area contributed by atoms with E-state index in [4.69, 9.17) is 0 Å². The van der Waals surface area contributed by atoms with Gasteiger partial charge in [0.15, 0.2) is 0 Å². The van der Waals surface area contributed by atoms with Crippen molar-refractivity contribution in [3.05, 3.63) is 30.3 Å². The predicted octanol–water partition coefficient (Wildman–Crippen LogP) is 1.27. The average Bonchev–Trinajstić information content (AvgIpc) is 2.38. The molecule has 0 spiro atoms. The van der Waals surface area contributed by atoms with Crippen LogP contribution in [-0.2, 0) is 0 Å². The van der Waals surface area contributed by atoms with Gasteiger partial charge in [0, 0.05) is 49.7 Å². The lowest BCUT2D eigenvalue weighted by Gasteiger charge is -2.50. The molecule has 2 aliphatic heterocycles. The number of benzene rings is 1. The van der Waals surface area contributed by atoms with E-state index in [9.17, 15) is 0 Å². The summed E-state index contributed by atoms with van der Waals surface area (Å²) in [6.45, 7) is 4.66. The Bertz CT molecular complexity index is 376. The smallest absolute Gasteiger partial charge is 0.0366 e. The van der Waals surface area contributed by atoms with E-state index >= 15 is 0 Å². The van der Waals surface area contributed by atoms with Crippen LogP contribution in [0, 0.1) is 11.8 Å². The first-order valence-corrected chi connectivity index (χ1v) is 6.93. The number of fused-ring (bicyclic) bond motifs is 2. The van der Waals surface area contributed by atoms with Crippen LogP contribution in [0.3, 0.4) is 0 Å². The van der Waals surface area contributed by atoms with Gasteiger partial charge in [-0.25, -0.2) is 0 Å². The van der Waals surface area contributed by atoms with Crippen LogP contribution in [-0.4, -0.2) is 51.2 Å². The Morgan fingerprint density at radius 2 is 1.67 bits per heavy atom. The van der Waals surface area contributed by atoms with Crippen LogP contribution in [0.4, 0.5) is 5.69 Å². The van der Waals surface area contributed by atoms with E-state index in [1.165, 1.54) is 18.8 Å². The number of hydrogen-bond donors (Lipinski definition) is 1. The van der Waals surface area contributed by atoms with Crippen molar-refractivity contribution in [2.75, 3.05) is 45.2 Å². The average molecular weight is 245 g/mol. The molecule has 18 heavy (non-hydrogen) atoms. The quantitative estimate of drug-likeness (QED) is 0.846. The number of anilines is 1. The van der Waals surface area contributed by atoms with Gasteiger partial charge in [-0.3, -0.25) is 0 Å². The third kappa shape index (κ3) is 2.13. The normalized spacial score (nSPS) is 31.7. The molecule has 0 amide bonds. The summed E-state index contributed by atoms with van der Waals surface area (Å²) in [5, 5.41) is 3.59. The molecule has 2 aliphatic rings. The minimum atomic E-state index is 0.742. The van der Waals surface area contributed by atoms with E-state index in [1.807, 2.05) is 0 Å². The number of hydrogen-bond acceptors (Lipinski definition) is 3. The molecule has 0 radical (unpaired) electrons. The largest absolute Gasteiger partial charge is 0.371 e. The lowest BCUT2D eigenvalue weighted by atomic mass is 9.79. The van der Waals surface area contributed by atoms with Crippen molar-refractivity contribution in [3.63, 3.8) is 0 Å². The van der Waals surface area contributed by atoms with Crippen molar-refractivity contribution in [2.24, 2.45) is 11.8 Å². The van der Waals surface area contributed by atoms with Gasteiger partial charge < -0.3 is 15.1 Å². The number of nitrogens with one attached hydrogen (secondary N) is 1. The molecule has 3 nitrogen and oxygen atoms in total. The van der Waals surface area contributed by atoms with E-state index in [0.717, 1.165) is 31.0 Å². The Labute approximate surface area is 110 Å². The molecule has 1 aromatic rings. The summed E-state index contributed by atoms with van der Waals surface area (Å²) in [6, 6.07) is 11.6. The molecule has 2 fully saturated rings. The van der Waals surface area contributed by atoms with Crippen molar-refractivity contribution < 1.29 is 0 Å². The molecular formula is C15H23N3. The fourth-order valence-electron chi connectivity index (χ4n) is 3.76. The Balaban J connectivity index is 1.80. The van der Waals surface area contributed by atoms with Crippen molar-refractivity contribution >= 4 is 5.69 Å². The number of nitrogens with zero attached hydrogens (tertiary/aromatic N) is 2. The van der Waals surface area contributed by atoms with Crippen molar-refractivity contribution in [1.82, 2.24) is 10.2 Å². The summed E-state index contributed by atoms with van der Waals surface area (Å²) < 4.78 is 0. The number of piperidine rings is 2. The summed E-state index contributed by atoms with van der Waals surface area (Å²) in [5.74, 6) is 1.49. The summed E-state index contributed by atoms with van der Waals surface area (Å²) in [6.07, 6.45) is 0. The highest BCUT2D eigenvalue weighted by atomic mass is 15.2. The molecule has 2 bridgehead atoms. The van der Waals surface area contributed by atoms with Crippen molar-refractivity contribution in [3.8, 4) is 0 Å². The van der Waals surface area contributed by atoms with Gasteiger partial charge in [-0.15, -0.1) is 0 Å². The van der Waals surface area contributed by atoms with Gasteiger partial charge in [0.05, 0.1) is 0 Å². The molecule has 2 unspecified atom stereocenters. The van der Waals surface area contributed by atoms with Crippen LogP contribution in [0.15, 0.2) is 30.3 Å². The molecular weight excluding hydrogens is 222 g/mol. The Hall–Kier alpha value is -1.06. The highest BCUT2D eigenvalue weighted by Gasteiger charge is 2.40. The van der Waals surface area contributed by atoms with Crippen LogP contribution < -0.4 is 10.2 Å². The highest BCUT2D eigenvalue weighted by molar-refractivity contribution is 5.47. The second-order valence-corrected chi connectivity index (χ2v) is 5.87. The summed E-state index contributed by atoms with van der Waals surface area (Å²) >= 11 is 0. The topological polar surface area (TPSA) is 18.5 Å². The molecule has 1 N–H and O–H groups in total. The van der Waals surface area contributed by atoms with Crippen LogP contribution in [0.2, 0.25) is 0 Å². The van der Waals surface area contributed by atoms with Crippen LogP contribution >= 0.6 is 0 Å². The van der Waals surface area contributed by atoms with Gasteiger partial charge in [0.2, 0.25) is 0 Å². The fraction of sp³-hybridized carbons (Fsp3) is 0.600. The first kappa shape index (κ1) is 12.0. The zero-order valence-corrected chi connectivity index (χ0v) is 11.3. The van der Waals surface area contributed by atoms with E-state index in [2.05, 4.69) is 59.5 Å². The van der Waals surface area contributed by atoms with Crippen LogP contribution in [0.5, 0.6) is 0 Å². The minimum Gasteiger partial charge on any atom is -0.371 e. The zero-order valence-electron chi connectivity index (χ0n) is 11.3. The van der Waals surface area contributed by atoms with Gasteiger partial charge in [0.1, 0.15) is 0 Å². The van der Waals surface area contributed by atoms with Gasteiger partial charge in [-0.05, 0) is 26.2 Å². The monoisotopic (exact) mass is 245 g/mol. The third-order valence-corrected chi connectivity index (χ3v) is 4.41. The maximum Gasteiger partial charge on any atom is 0.0366 e. The molecule has 0 saturated carbocycles. The summed E-state index contributed by atoms with van der Waals surface area (Å²) in [4.78, 5) is 4.99. The van der Waals surface area contributed by atoms with Crippen molar-refractivity contribution in [1.29, 1.82) is 0 Å². The Kier molecular flexibility index (Phi) is 3.27. The van der Waals surface area contributed by atoms with E-state index in [0.29, 0.717) is 0 Å². The van der Waals surface area contributed by atoms with E-state index in [1.54, 1.807) is 0 Å². The maximum atomic E-state index is 3.59. The highest BCUT2D eigenvalue weighted by Crippen LogP contribution is 2.31. The van der Waals surface area contributed by atoms with Crippen LogP contribution in [0.25, 0.3) is 0 Å². The van der Waals surface area contributed by atoms with E-state index < -0.39 is 0 Å². The first-order valence-electron chi connectivity index (χ1n) is 6.93. The van der Waals surface area contributed by atoms with Gasteiger partial charge in [0.25, 0.3) is 0 Å². The second kappa shape index (κ2) is 4.90. The molecule has 98 valence electrons. The molecule has 2 saturated heterocycles.